The van der Waals surface area contributed by atoms with Gasteiger partial charge in [0.1, 0.15) is 18.0 Å². The predicted octanol–water partition coefficient (Wildman–Crippen LogP) is -0.0469. The Labute approximate surface area is 138 Å². The molecule has 1 saturated heterocycles. The highest BCUT2D eigenvalue weighted by Gasteiger charge is 2.21. The van der Waals surface area contributed by atoms with Crippen LogP contribution in [-0.2, 0) is 7.05 Å². The van der Waals surface area contributed by atoms with E-state index in [1.54, 1.807) is 13.2 Å². The van der Waals surface area contributed by atoms with Crippen molar-refractivity contribution in [1.82, 2.24) is 19.5 Å². The molecule has 0 aromatic carbocycles. The minimum absolute atomic E-state index is 0.263. The van der Waals surface area contributed by atoms with E-state index < -0.39 is 5.69 Å². The number of anilines is 2. The Bertz CT molecular complexity index is 791. The molecule has 2 aromatic rings. The largest absolute Gasteiger partial charge is 0.481 e. The van der Waals surface area contributed by atoms with E-state index in [0.717, 1.165) is 36.3 Å². The molecule has 0 aliphatic carbocycles. The van der Waals surface area contributed by atoms with Gasteiger partial charge < -0.3 is 15.0 Å². The molecule has 0 saturated carbocycles. The number of hydrogen-bond donors (Lipinski definition) is 2. The van der Waals surface area contributed by atoms with Crippen LogP contribution in [0.15, 0.2) is 28.0 Å². The number of nitrogens with one attached hydrogen (secondary N) is 2. The smallest absolute Gasteiger partial charge is 0.329 e. The van der Waals surface area contributed by atoms with Gasteiger partial charge in [-0.25, -0.2) is 14.8 Å². The van der Waals surface area contributed by atoms with Crippen molar-refractivity contribution in [1.29, 1.82) is 0 Å². The van der Waals surface area contributed by atoms with Crippen LogP contribution in [0.4, 0.5) is 11.6 Å². The van der Waals surface area contributed by atoms with Crippen molar-refractivity contribution >= 4 is 11.6 Å². The molecule has 1 fully saturated rings. The lowest BCUT2D eigenvalue weighted by Crippen LogP contribution is -2.42. The quantitative estimate of drug-likeness (QED) is 0.809. The van der Waals surface area contributed by atoms with Gasteiger partial charge in [-0.1, -0.05) is 0 Å². The Balaban J connectivity index is 1.63. The van der Waals surface area contributed by atoms with Crippen molar-refractivity contribution in [2.75, 3.05) is 30.4 Å². The van der Waals surface area contributed by atoms with Crippen LogP contribution < -0.4 is 26.2 Å². The zero-order valence-electron chi connectivity index (χ0n) is 13.7. The molecule has 0 bridgehead atoms. The number of H-pyrrole nitrogens is 1. The average Bonchev–Trinajstić information content (AvgIpc) is 2.60. The van der Waals surface area contributed by atoms with Gasteiger partial charge in [0.2, 0.25) is 5.88 Å². The zero-order chi connectivity index (χ0) is 17.1. The van der Waals surface area contributed by atoms with E-state index in [1.165, 1.54) is 19.4 Å². The fraction of sp³-hybridized carbons (Fsp3) is 0.467. The van der Waals surface area contributed by atoms with Gasteiger partial charge in [0, 0.05) is 38.3 Å². The molecule has 0 amide bonds. The molecule has 3 heterocycles. The van der Waals surface area contributed by atoms with Crippen LogP contribution in [0.5, 0.6) is 5.88 Å². The normalized spacial score (nSPS) is 15.3. The van der Waals surface area contributed by atoms with Crippen molar-refractivity contribution in [2.24, 2.45) is 7.05 Å². The van der Waals surface area contributed by atoms with E-state index in [2.05, 4.69) is 20.3 Å². The second-order valence-electron chi connectivity index (χ2n) is 5.71. The Morgan fingerprint density at radius 1 is 1.25 bits per heavy atom. The molecular formula is C15H20N6O3. The van der Waals surface area contributed by atoms with E-state index in [-0.39, 0.29) is 11.6 Å². The highest BCUT2D eigenvalue weighted by molar-refractivity contribution is 5.40. The van der Waals surface area contributed by atoms with Crippen LogP contribution in [0.1, 0.15) is 12.8 Å². The first-order chi connectivity index (χ1) is 11.6. The molecule has 3 rings (SSSR count). The number of hydrogen-bond acceptors (Lipinski definition) is 7. The molecule has 0 atom stereocenters. The standard InChI is InChI=1S/C15H20N6O3/c1-20-14(22)8-12(19-15(20)23)21-5-3-10(4-6-21)18-11-7-13(24-2)17-9-16-11/h7-10H,3-6H2,1-2H3,(H,19,23)(H,16,17,18). The van der Waals surface area contributed by atoms with Crippen LogP contribution >= 0.6 is 0 Å². The summed E-state index contributed by atoms with van der Waals surface area (Å²) in [7, 11) is 3.02. The van der Waals surface area contributed by atoms with Crippen LogP contribution in [0.25, 0.3) is 0 Å². The summed E-state index contributed by atoms with van der Waals surface area (Å²) >= 11 is 0. The van der Waals surface area contributed by atoms with Gasteiger partial charge in [-0.05, 0) is 12.8 Å². The van der Waals surface area contributed by atoms with Crippen LogP contribution in [0.3, 0.4) is 0 Å². The molecule has 0 spiro atoms. The molecule has 2 aromatic heterocycles. The van der Waals surface area contributed by atoms with Gasteiger partial charge in [0.15, 0.2) is 0 Å². The third-order valence-corrected chi connectivity index (χ3v) is 4.17. The summed E-state index contributed by atoms with van der Waals surface area (Å²) in [6, 6.07) is 3.48. The van der Waals surface area contributed by atoms with E-state index in [0.29, 0.717) is 11.7 Å². The number of rotatable bonds is 4. The first-order valence-corrected chi connectivity index (χ1v) is 7.74. The minimum Gasteiger partial charge on any atom is -0.481 e. The first kappa shape index (κ1) is 16.0. The maximum Gasteiger partial charge on any atom is 0.329 e. The Kier molecular flexibility index (Phi) is 4.50. The highest BCUT2D eigenvalue weighted by atomic mass is 16.5. The lowest BCUT2D eigenvalue weighted by molar-refractivity contribution is 0.397. The summed E-state index contributed by atoms with van der Waals surface area (Å²) in [4.78, 5) is 36.4. The molecule has 2 N–H and O–H groups in total. The molecule has 128 valence electrons. The lowest BCUT2D eigenvalue weighted by Gasteiger charge is -2.33. The summed E-state index contributed by atoms with van der Waals surface area (Å²) in [5.74, 6) is 1.81. The molecule has 0 unspecified atom stereocenters. The van der Waals surface area contributed by atoms with Crippen LogP contribution in [-0.4, -0.2) is 45.8 Å². The van der Waals surface area contributed by atoms with Crippen molar-refractivity contribution in [3.8, 4) is 5.88 Å². The lowest BCUT2D eigenvalue weighted by atomic mass is 10.1. The number of aromatic nitrogens is 4. The number of ether oxygens (including phenoxy) is 1. The molecular weight excluding hydrogens is 312 g/mol. The van der Waals surface area contributed by atoms with Crippen molar-refractivity contribution in [3.63, 3.8) is 0 Å². The van der Waals surface area contributed by atoms with Crippen molar-refractivity contribution in [2.45, 2.75) is 18.9 Å². The summed E-state index contributed by atoms with van der Waals surface area (Å²) in [6.45, 7) is 1.48. The number of piperidine rings is 1. The third kappa shape index (κ3) is 3.39. The molecule has 24 heavy (non-hydrogen) atoms. The summed E-state index contributed by atoms with van der Waals surface area (Å²) in [5, 5.41) is 3.36. The highest BCUT2D eigenvalue weighted by Crippen LogP contribution is 2.19. The van der Waals surface area contributed by atoms with Gasteiger partial charge in [0.05, 0.1) is 7.11 Å². The summed E-state index contributed by atoms with van der Waals surface area (Å²) in [6.07, 6.45) is 3.19. The Morgan fingerprint density at radius 2 is 2.00 bits per heavy atom. The number of aromatic amines is 1. The Hall–Kier alpha value is -2.84. The Morgan fingerprint density at radius 3 is 2.67 bits per heavy atom. The maximum absolute atomic E-state index is 11.7. The average molecular weight is 332 g/mol. The van der Waals surface area contributed by atoms with Crippen molar-refractivity contribution < 1.29 is 4.74 Å². The monoisotopic (exact) mass is 332 g/mol. The van der Waals surface area contributed by atoms with Crippen LogP contribution in [0.2, 0.25) is 0 Å². The van der Waals surface area contributed by atoms with Crippen LogP contribution in [0, 0.1) is 0 Å². The SMILES string of the molecule is COc1cc(NC2CCN(c3cc(=O)n(C)c(=O)[nH]3)CC2)ncn1. The molecule has 0 radical (unpaired) electrons. The summed E-state index contributed by atoms with van der Waals surface area (Å²) < 4.78 is 6.14. The molecule has 9 heteroatoms. The van der Waals surface area contributed by atoms with Gasteiger partial charge >= 0.3 is 5.69 Å². The molecule has 1 aliphatic heterocycles. The van der Waals surface area contributed by atoms with Gasteiger partial charge in [-0.15, -0.1) is 0 Å². The fourth-order valence-corrected chi connectivity index (χ4v) is 2.72. The minimum atomic E-state index is -0.397. The van der Waals surface area contributed by atoms with Gasteiger partial charge in [0.25, 0.3) is 5.56 Å². The molecule has 1 aliphatic rings. The first-order valence-electron chi connectivity index (χ1n) is 7.74. The zero-order valence-corrected chi connectivity index (χ0v) is 13.7. The topological polar surface area (TPSA) is 105 Å². The van der Waals surface area contributed by atoms with Crippen molar-refractivity contribution in [3.05, 3.63) is 39.3 Å². The van der Waals surface area contributed by atoms with E-state index in [4.69, 9.17) is 4.74 Å². The van der Waals surface area contributed by atoms with Gasteiger partial charge in [-0.2, -0.15) is 0 Å². The fourth-order valence-electron chi connectivity index (χ4n) is 2.72. The second-order valence-corrected chi connectivity index (χ2v) is 5.71. The molecule has 9 nitrogen and oxygen atoms in total. The van der Waals surface area contributed by atoms with E-state index in [1.807, 2.05) is 4.90 Å². The number of nitrogens with zero attached hydrogens (tertiary/aromatic N) is 4. The summed E-state index contributed by atoms with van der Waals surface area (Å²) in [5.41, 5.74) is -0.701. The van der Waals surface area contributed by atoms with E-state index >= 15 is 0 Å². The van der Waals surface area contributed by atoms with Gasteiger partial charge in [-0.3, -0.25) is 14.3 Å². The van der Waals surface area contributed by atoms with E-state index in [9.17, 15) is 9.59 Å². The maximum atomic E-state index is 11.7. The second kappa shape index (κ2) is 6.73. The third-order valence-electron chi connectivity index (χ3n) is 4.17. The number of methoxy groups -OCH3 is 1. The predicted molar refractivity (Wildman–Crippen MR) is 89.7 cm³/mol.